The van der Waals surface area contributed by atoms with Gasteiger partial charge in [-0.2, -0.15) is 0 Å². The van der Waals surface area contributed by atoms with Gasteiger partial charge < -0.3 is 10.2 Å². The zero-order valence-corrected chi connectivity index (χ0v) is 8.55. The quantitative estimate of drug-likeness (QED) is 0.775. The summed E-state index contributed by atoms with van der Waals surface area (Å²) in [6.45, 7) is 0.720. The van der Waals surface area contributed by atoms with Crippen molar-refractivity contribution in [2.75, 3.05) is 6.61 Å². The van der Waals surface area contributed by atoms with E-state index in [0.717, 1.165) is 0 Å². The van der Waals surface area contributed by atoms with Crippen LogP contribution in [-0.2, 0) is 5.60 Å². The van der Waals surface area contributed by atoms with Gasteiger partial charge >= 0.3 is 0 Å². The number of nitrogens with zero attached hydrogens (tertiary/aromatic N) is 1. The lowest BCUT2D eigenvalue weighted by Gasteiger charge is -2.19. The molecule has 0 fully saturated rings. The molecule has 0 aliphatic heterocycles. The Morgan fingerprint density at radius 2 is 2.23 bits per heavy atom. The molecule has 0 aliphatic carbocycles. The van der Waals surface area contributed by atoms with Crippen LogP contribution in [0, 0.1) is 5.82 Å². The maximum Gasteiger partial charge on any atom is 0.147 e. The zero-order chi connectivity index (χ0) is 10.1. The van der Waals surface area contributed by atoms with Gasteiger partial charge in [0.05, 0.1) is 6.61 Å². The monoisotopic (exact) mass is 249 g/mol. The van der Waals surface area contributed by atoms with Crippen molar-refractivity contribution in [3.05, 3.63) is 28.2 Å². The first kappa shape index (κ1) is 10.6. The third kappa shape index (κ3) is 2.24. The van der Waals surface area contributed by atoms with Crippen LogP contribution in [0.1, 0.15) is 12.6 Å². The normalized spacial score (nSPS) is 15.5. The maximum atomic E-state index is 13.1. The molecule has 1 aromatic rings. The van der Waals surface area contributed by atoms with Crippen molar-refractivity contribution < 1.29 is 14.6 Å². The van der Waals surface area contributed by atoms with Gasteiger partial charge in [0.15, 0.2) is 0 Å². The van der Waals surface area contributed by atoms with Gasteiger partial charge in [-0.05, 0) is 35.0 Å². The summed E-state index contributed by atoms with van der Waals surface area (Å²) in [6, 6.07) is 2.60. The van der Waals surface area contributed by atoms with Crippen molar-refractivity contribution >= 4 is 15.9 Å². The summed E-state index contributed by atoms with van der Waals surface area (Å²) in [5.74, 6) is -0.637. The Balaban J connectivity index is 3.20. The predicted octanol–water partition coefficient (Wildman–Crippen LogP) is 1.18. The summed E-state index contributed by atoms with van der Waals surface area (Å²) >= 11 is 3.05. The molecule has 1 heterocycles. The second kappa shape index (κ2) is 3.69. The van der Waals surface area contributed by atoms with Crippen molar-refractivity contribution in [3.63, 3.8) is 0 Å². The molecule has 1 unspecified atom stereocenters. The van der Waals surface area contributed by atoms with Crippen LogP contribution in [0.2, 0.25) is 0 Å². The summed E-state index contributed by atoms with van der Waals surface area (Å²) in [6.07, 6.45) is 0. The minimum atomic E-state index is -1.64. The van der Waals surface area contributed by atoms with E-state index in [1.54, 1.807) is 0 Å². The highest BCUT2D eigenvalue weighted by atomic mass is 79.9. The van der Waals surface area contributed by atoms with Crippen molar-refractivity contribution in [1.29, 1.82) is 0 Å². The number of aliphatic hydroxyl groups excluding tert-OH is 1. The lowest BCUT2D eigenvalue weighted by Crippen LogP contribution is -2.28. The zero-order valence-electron chi connectivity index (χ0n) is 6.96. The van der Waals surface area contributed by atoms with Crippen LogP contribution in [-0.4, -0.2) is 21.8 Å². The molecule has 1 rings (SSSR count). The molecular weight excluding hydrogens is 241 g/mol. The van der Waals surface area contributed by atoms with Gasteiger partial charge in [-0.25, -0.2) is 9.37 Å². The van der Waals surface area contributed by atoms with Crippen LogP contribution in [0.15, 0.2) is 16.7 Å². The van der Waals surface area contributed by atoms with Crippen LogP contribution < -0.4 is 0 Å². The van der Waals surface area contributed by atoms with Crippen molar-refractivity contribution in [2.24, 2.45) is 0 Å². The van der Waals surface area contributed by atoms with Crippen molar-refractivity contribution in [1.82, 2.24) is 4.98 Å². The number of aromatic nitrogens is 1. The molecule has 0 saturated heterocycles. The van der Waals surface area contributed by atoms with Crippen LogP contribution in [0.25, 0.3) is 0 Å². The first-order chi connectivity index (χ1) is 5.97. The molecule has 0 spiro atoms. The van der Waals surface area contributed by atoms with E-state index in [1.165, 1.54) is 19.1 Å². The van der Waals surface area contributed by atoms with Crippen molar-refractivity contribution in [2.45, 2.75) is 12.5 Å². The molecule has 13 heavy (non-hydrogen) atoms. The molecule has 0 aromatic carbocycles. The number of pyridine rings is 1. The first-order valence-electron chi connectivity index (χ1n) is 3.63. The van der Waals surface area contributed by atoms with E-state index >= 15 is 0 Å². The second-order valence-corrected chi connectivity index (χ2v) is 3.71. The van der Waals surface area contributed by atoms with Gasteiger partial charge in [0.1, 0.15) is 21.7 Å². The number of hydrogen-bond acceptors (Lipinski definition) is 3. The Kier molecular flexibility index (Phi) is 3.00. The van der Waals surface area contributed by atoms with Crippen LogP contribution in [0.5, 0.6) is 0 Å². The molecule has 72 valence electrons. The third-order valence-corrected chi connectivity index (χ3v) is 2.07. The minimum absolute atomic E-state index is 0.163. The summed E-state index contributed by atoms with van der Waals surface area (Å²) in [5.41, 5.74) is -1.81. The molecule has 1 atom stereocenters. The molecule has 0 aliphatic rings. The lowest BCUT2D eigenvalue weighted by molar-refractivity contribution is -0.00899. The van der Waals surface area contributed by atoms with E-state index in [4.69, 9.17) is 5.11 Å². The molecule has 0 saturated carbocycles. The molecule has 5 heteroatoms. The Morgan fingerprint density at radius 1 is 1.62 bits per heavy atom. The standard InChI is InChI=1S/C8H9BrFNO2/c1-8(13,4-12)7-5(10)2-3-6(9)11-7/h2-3,12-13H,4H2,1H3. The number of rotatable bonds is 2. The Labute approximate surface area is 83.4 Å². The summed E-state index contributed by atoms with van der Waals surface area (Å²) in [4.78, 5) is 3.75. The van der Waals surface area contributed by atoms with E-state index in [9.17, 15) is 9.50 Å². The number of hydrogen-bond donors (Lipinski definition) is 2. The SMILES string of the molecule is CC(O)(CO)c1nc(Br)ccc1F. The number of aliphatic hydroxyl groups is 2. The minimum Gasteiger partial charge on any atom is -0.393 e. The lowest BCUT2D eigenvalue weighted by atomic mass is 10.0. The van der Waals surface area contributed by atoms with Crippen LogP contribution >= 0.6 is 15.9 Å². The summed E-state index contributed by atoms with van der Waals surface area (Å²) in [5, 5.41) is 18.3. The fourth-order valence-corrected chi connectivity index (χ4v) is 1.18. The summed E-state index contributed by atoms with van der Waals surface area (Å²) < 4.78 is 13.5. The fraction of sp³-hybridized carbons (Fsp3) is 0.375. The third-order valence-electron chi connectivity index (χ3n) is 1.63. The molecule has 0 amide bonds. The van der Waals surface area contributed by atoms with Gasteiger partial charge in [-0.15, -0.1) is 0 Å². The molecule has 0 radical (unpaired) electrons. The number of halogens is 2. The molecule has 1 aromatic heterocycles. The largest absolute Gasteiger partial charge is 0.393 e. The Morgan fingerprint density at radius 3 is 2.77 bits per heavy atom. The van der Waals surface area contributed by atoms with Gasteiger partial charge in [0.25, 0.3) is 0 Å². The molecule has 3 nitrogen and oxygen atoms in total. The fourth-order valence-electron chi connectivity index (χ4n) is 0.871. The Hall–Kier alpha value is -0.520. The van der Waals surface area contributed by atoms with Gasteiger partial charge in [0.2, 0.25) is 0 Å². The van der Waals surface area contributed by atoms with Gasteiger partial charge in [-0.3, -0.25) is 0 Å². The highest BCUT2D eigenvalue weighted by Gasteiger charge is 2.27. The molecular formula is C8H9BrFNO2. The topological polar surface area (TPSA) is 53.4 Å². The average molecular weight is 250 g/mol. The molecule has 2 N–H and O–H groups in total. The maximum absolute atomic E-state index is 13.1. The second-order valence-electron chi connectivity index (χ2n) is 2.90. The van der Waals surface area contributed by atoms with E-state index in [-0.39, 0.29) is 5.69 Å². The van der Waals surface area contributed by atoms with Crippen molar-refractivity contribution in [3.8, 4) is 0 Å². The smallest absolute Gasteiger partial charge is 0.147 e. The van der Waals surface area contributed by atoms with Gasteiger partial charge in [0, 0.05) is 0 Å². The van der Waals surface area contributed by atoms with Crippen LogP contribution in [0.4, 0.5) is 4.39 Å². The highest BCUT2D eigenvalue weighted by molar-refractivity contribution is 9.10. The Bertz CT molecular complexity index is 317. The van der Waals surface area contributed by atoms with E-state index in [1.807, 2.05) is 0 Å². The summed E-state index contributed by atoms with van der Waals surface area (Å²) in [7, 11) is 0. The van der Waals surface area contributed by atoms with Gasteiger partial charge in [-0.1, -0.05) is 0 Å². The van der Waals surface area contributed by atoms with E-state index < -0.39 is 18.0 Å². The average Bonchev–Trinajstić information content (AvgIpc) is 2.09. The highest BCUT2D eigenvalue weighted by Crippen LogP contribution is 2.22. The predicted molar refractivity (Wildman–Crippen MR) is 48.6 cm³/mol. The van der Waals surface area contributed by atoms with Crippen LogP contribution in [0.3, 0.4) is 0 Å². The molecule has 0 bridgehead atoms. The van der Waals surface area contributed by atoms with E-state index in [2.05, 4.69) is 20.9 Å². The first-order valence-corrected chi connectivity index (χ1v) is 4.42. The van der Waals surface area contributed by atoms with E-state index in [0.29, 0.717) is 4.60 Å².